The van der Waals surface area contributed by atoms with Gasteiger partial charge in [-0.2, -0.15) is 23.2 Å². The molecule has 0 aliphatic heterocycles. The van der Waals surface area contributed by atoms with E-state index in [-0.39, 0.29) is 17.1 Å². The summed E-state index contributed by atoms with van der Waals surface area (Å²) in [5.41, 5.74) is -0.0947. The van der Waals surface area contributed by atoms with Gasteiger partial charge < -0.3 is 9.88 Å². The fourth-order valence-electron chi connectivity index (χ4n) is 2.12. The fourth-order valence-corrected chi connectivity index (χ4v) is 4.05. The van der Waals surface area contributed by atoms with Crippen LogP contribution in [0.5, 0.6) is 0 Å². The molecule has 0 saturated heterocycles. The van der Waals surface area contributed by atoms with E-state index in [0.717, 1.165) is 10.8 Å². The standard InChI is InChI=1S/C15H13ClF3N5O3S/c1-8(15(17,18)19)23-28(26,27)10-7-24(2)13(12(10)16)14(25)22-11-5-9(6-20)3-4-21-11/h3-5,7-8,23H,1-2H3,(H,21,22,25). The highest BCUT2D eigenvalue weighted by Gasteiger charge is 2.40. The summed E-state index contributed by atoms with van der Waals surface area (Å²) < 4.78 is 65.0. The molecular formula is C15H13ClF3N5O3S. The minimum Gasteiger partial charge on any atom is -0.344 e. The summed E-state index contributed by atoms with van der Waals surface area (Å²) in [7, 11) is -3.36. The zero-order valence-electron chi connectivity index (χ0n) is 14.4. The summed E-state index contributed by atoms with van der Waals surface area (Å²) in [6, 6.07) is 2.18. The van der Waals surface area contributed by atoms with Crippen molar-refractivity contribution in [2.45, 2.75) is 24.0 Å². The minimum atomic E-state index is -4.80. The van der Waals surface area contributed by atoms with Crippen LogP contribution in [0, 0.1) is 11.3 Å². The second-order valence-electron chi connectivity index (χ2n) is 5.65. The van der Waals surface area contributed by atoms with Crippen LogP contribution in [0.3, 0.4) is 0 Å². The molecule has 0 saturated carbocycles. The van der Waals surface area contributed by atoms with Crippen LogP contribution in [-0.4, -0.2) is 36.1 Å². The Morgan fingerprint density at radius 2 is 2.07 bits per heavy atom. The van der Waals surface area contributed by atoms with Gasteiger partial charge in [0.25, 0.3) is 5.91 Å². The topological polar surface area (TPSA) is 117 Å². The van der Waals surface area contributed by atoms with E-state index < -0.39 is 38.1 Å². The number of alkyl halides is 3. The zero-order valence-corrected chi connectivity index (χ0v) is 15.9. The SMILES string of the molecule is CC(NS(=O)(=O)c1cn(C)c(C(=O)Nc2cc(C#N)ccn2)c1Cl)C(F)(F)F. The van der Waals surface area contributed by atoms with Crippen LogP contribution in [0.25, 0.3) is 0 Å². The van der Waals surface area contributed by atoms with Crippen molar-refractivity contribution in [3.63, 3.8) is 0 Å². The fraction of sp³-hybridized carbons (Fsp3) is 0.267. The van der Waals surface area contributed by atoms with E-state index in [0.29, 0.717) is 6.92 Å². The maximum atomic E-state index is 12.7. The summed E-state index contributed by atoms with van der Waals surface area (Å²) in [6.07, 6.45) is -2.60. The molecule has 0 aliphatic rings. The number of nitrogens with zero attached hydrogens (tertiary/aromatic N) is 3. The number of halogens is 4. The average Bonchev–Trinajstić information content (AvgIpc) is 2.89. The molecule has 8 nitrogen and oxygen atoms in total. The summed E-state index contributed by atoms with van der Waals surface area (Å²) in [4.78, 5) is 15.6. The van der Waals surface area contributed by atoms with Crippen LogP contribution in [0.1, 0.15) is 23.0 Å². The second-order valence-corrected chi connectivity index (χ2v) is 7.71. The van der Waals surface area contributed by atoms with Gasteiger partial charge in [-0.25, -0.2) is 13.4 Å². The van der Waals surface area contributed by atoms with Crippen LogP contribution in [-0.2, 0) is 17.1 Å². The number of amides is 1. The van der Waals surface area contributed by atoms with Gasteiger partial charge in [-0.3, -0.25) is 4.79 Å². The van der Waals surface area contributed by atoms with Crippen molar-refractivity contribution < 1.29 is 26.4 Å². The lowest BCUT2D eigenvalue weighted by molar-refractivity contribution is -0.147. The first-order valence-electron chi connectivity index (χ1n) is 7.48. The Kier molecular flexibility index (Phi) is 6.03. The van der Waals surface area contributed by atoms with E-state index in [1.807, 2.05) is 6.07 Å². The van der Waals surface area contributed by atoms with Gasteiger partial charge in [0, 0.05) is 19.4 Å². The molecule has 0 fully saturated rings. The van der Waals surface area contributed by atoms with Gasteiger partial charge in [-0.05, 0) is 19.1 Å². The molecular weight excluding hydrogens is 423 g/mol. The average molecular weight is 436 g/mol. The predicted molar refractivity (Wildman–Crippen MR) is 93.2 cm³/mol. The smallest absolute Gasteiger partial charge is 0.344 e. The number of rotatable bonds is 5. The van der Waals surface area contributed by atoms with E-state index in [9.17, 15) is 26.4 Å². The molecule has 28 heavy (non-hydrogen) atoms. The van der Waals surface area contributed by atoms with Gasteiger partial charge in [-0.15, -0.1) is 0 Å². The van der Waals surface area contributed by atoms with Crippen LogP contribution < -0.4 is 10.0 Å². The molecule has 1 amide bonds. The molecule has 1 atom stereocenters. The van der Waals surface area contributed by atoms with E-state index in [2.05, 4.69) is 10.3 Å². The Labute approximate surface area is 163 Å². The highest BCUT2D eigenvalue weighted by molar-refractivity contribution is 7.89. The molecule has 1 unspecified atom stereocenters. The lowest BCUT2D eigenvalue weighted by atomic mass is 10.3. The number of aryl methyl sites for hydroxylation is 1. The molecule has 2 heterocycles. The first kappa shape index (κ1) is 21.7. The molecule has 13 heteroatoms. The summed E-state index contributed by atoms with van der Waals surface area (Å²) in [6.45, 7) is 0.635. The first-order valence-corrected chi connectivity index (χ1v) is 9.34. The number of nitriles is 1. The number of anilines is 1. The molecule has 150 valence electrons. The molecule has 0 radical (unpaired) electrons. The zero-order chi connectivity index (χ0) is 21.3. The third-order valence-corrected chi connectivity index (χ3v) is 5.59. The van der Waals surface area contributed by atoms with Crippen molar-refractivity contribution >= 4 is 33.3 Å². The number of hydrogen-bond donors (Lipinski definition) is 2. The van der Waals surface area contributed by atoms with E-state index in [4.69, 9.17) is 16.9 Å². The van der Waals surface area contributed by atoms with Crippen molar-refractivity contribution in [1.29, 1.82) is 5.26 Å². The molecule has 0 bridgehead atoms. The maximum Gasteiger partial charge on any atom is 0.404 e. The van der Waals surface area contributed by atoms with Gasteiger partial charge >= 0.3 is 6.18 Å². The molecule has 0 spiro atoms. The molecule has 2 N–H and O–H groups in total. The van der Waals surface area contributed by atoms with Crippen molar-refractivity contribution in [2.24, 2.45) is 7.05 Å². The number of nitrogens with one attached hydrogen (secondary N) is 2. The Bertz CT molecular complexity index is 1060. The second kappa shape index (κ2) is 7.78. The van der Waals surface area contributed by atoms with Crippen LogP contribution in [0.15, 0.2) is 29.4 Å². The summed E-state index contributed by atoms with van der Waals surface area (Å²) in [5.74, 6) is -0.852. The van der Waals surface area contributed by atoms with E-state index >= 15 is 0 Å². The number of sulfonamides is 1. The number of hydrogen-bond acceptors (Lipinski definition) is 5. The Morgan fingerprint density at radius 3 is 2.64 bits per heavy atom. The molecule has 2 aromatic heterocycles. The van der Waals surface area contributed by atoms with Crippen LogP contribution in [0.4, 0.5) is 19.0 Å². The largest absolute Gasteiger partial charge is 0.404 e. The quantitative estimate of drug-likeness (QED) is 0.748. The Balaban J connectivity index is 2.35. The van der Waals surface area contributed by atoms with Crippen LogP contribution in [0.2, 0.25) is 5.02 Å². The minimum absolute atomic E-state index is 0.00884. The number of pyridine rings is 1. The molecule has 0 aliphatic carbocycles. The van der Waals surface area contributed by atoms with Gasteiger partial charge in [-0.1, -0.05) is 11.6 Å². The highest BCUT2D eigenvalue weighted by atomic mass is 35.5. The molecule has 2 aromatic rings. The molecule has 2 rings (SSSR count). The summed E-state index contributed by atoms with van der Waals surface area (Å²) >= 11 is 5.98. The summed E-state index contributed by atoms with van der Waals surface area (Å²) in [5, 5.41) is 10.6. The van der Waals surface area contributed by atoms with Crippen molar-refractivity contribution in [1.82, 2.24) is 14.3 Å². The van der Waals surface area contributed by atoms with Gasteiger partial charge in [0.2, 0.25) is 10.0 Å². The van der Waals surface area contributed by atoms with Crippen LogP contribution >= 0.6 is 11.6 Å². The van der Waals surface area contributed by atoms with Gasteiger partial charge in [0.15, 0.2) is 0 Å². The number of aromatic nitrogens is 2. The Hall–Kier alpha value is -2.62. The maximum absolute atomic E-state index is 12.7. The number of carbonyl (C=O) groups excluding carboxylic acids is 1. The Morgan fingerprint density at radius 1 is 1.43 bits per heavy atom. The number of carbonyl (C=O) groups is 1. The predicted octanol–water partition coefficient (Wildman–Crippen LogP) is 2.43. The van der Waals surface area contributed by atoms with Gasteiger partial charge in [0.1, 0.15) is 22.4 Å². The monoisotopic (exact) mass is 435 g/mol. The molecule has 0 aromatic carbocycles. The van der Waals surface area contributed by atoms with Crippen molar-refractivity contribution in [3.05, 3.63) is 40.8 Å². The third-order valence-electron chi connectivity index (χ3n) is 3.55. The van der Waals surface area contributed by atoms with Crippen molar-refractivity contribution in [3.8, 4) is 6.07 Å². The lowest BCUT2D eigenvalue weighted by Gasteiger charge is -2.16. The van der Waals surface area contributed by atoms with E-state index in [1.54, 1.807) is 0 Å². The van der Waals surface area contributed by atoms with Gasteiger partial charge in [0.05, 0.1) is 16.7 Å². The van der Waals surface area contributed by atoms with Crippen molar-refractivity contribution in [2.75, 3.05) is 5.32 Å². The third kappa shape index (κ3) is 4.61. The first-order chi connectivity index (χ1) is 12.9. The lowest BCUT2D eigenvalue weighted by Crippen LogP contribution is -2.42. The normalized spacial score (nSPS) is 13.0. The highest BCUT2D eigenvalue weighted by Crippen LogP contribution is 2.29. The van der Waals surface area contributed by atoms with E-state index in [1.165, 1.54) is 30.1 Å².